The Kier molecular flexibility index (Phi) is 2.66. The second-order valence-corrected chi connectivity index (χ2v) is 5.77. The van der Waals surface area contributed by atoms with E-state index in [0.29, 0.717) is 24.2 Å². The number of fused-ring (bicyclic) bond motifs is 4. The molecule has 2 aromatic carbocycles. The zero-order valence-corrected chi connectivity index (χ0v) is 11.5. The maximum Gasteiger partial charge on any atom is 0.169 e. The van der Waals surface area contributed by atoms with E-state index in [2.05, 4.69) is 0 Å². The lowest BCUT2D eigenvalue weighted by atomic mass is 9.65. The number of carbonyl (C=O) groups excluding carboxylic acids is 1. The highest BCUT2D eigenvalue weighted by Gasteiger charge is 2.57. The normalized spacial score (nSPS) is 30.4. The number of ether oxygens (including phenoxy) is 1. The lowest BCUT2D eigenvalue weighted by Crippen LogP contribution is -2.54. The largest absolute Gasteiger partial charge is 0.489 e. The number of para-hydroxylation sites is 1. The fraction of sp³-hybridized carbons (Fsp3) is 0.278. The van der Waals surface area contributed by atoms with Crippen molar-refractivity contribution in [3.8, 4) is 5.75 Å². The van der Waals surface area contributed by atoms with Crippen molar-refractivity contribution in [2.75, 3.05) is 0 Å². The Bertz CT molecular complexity index is 695. The molecule has 3 heteroatoms. The lowest BCUT2D eigenvalue weighted by Gasteiger charge is -2.48. The van der Waals surface area contributed by atoms with Crippen molar-refractivity contribution in [3.63, 3.8) is 0 Å². The summed E-state index contributed by atoms with van der Waals surface area (Å²) in [5, 5.41) is 11.3. The molecule has 1 fully saturated rings. The molecule has 1 N–H and O–H groups in total. The number of hydrogen-bond acceptors (Lipinski definition) is 3. The second kappa shape index (κ2) is 4.43. The summed E-state index contributed by atoms with van der Waals surface area (Å²) in [6.07, 6.45) is 0.846. The van der Waals surface area contributed by atoms with Crippen LogP contribution in [0.2, 0.25) is 0 Å². The molecule has 4 rings (SSSR count). The van der Waals surface area contributed by atoms with Crippen LogP contribution in [-0.2, 0) is 10.4 Å². The third kappa shape index (κ3) is 1.67. The van der Waals surface area contributed by atoms with Crippen LogP contribution in [0.15, 0.2) is 54.6 Å². The number of hydrogen-bond donors (Lipinski definition) is 1. The molecule has 0 radical (unpaired) electrons. The second-order valence-electron chi connectivity index (χ2n) is 5.77. The summed E-state index contributed by atoms with van der Waals surface area (Å²) in [4.78, 5) is 12.6. The van der Waals surface area contributed by atoms with Gasteiger partial charge >= 0.3 is 0 Å². The molecule has 1 saturated carbocycles. The SMILES string of the molecule is O=C1CC[C@H]2Oc3ccccc3[C@]1(O)[C@H]2c1ccccc1. The van der Waals surface area contributed by atoms with E-state index in [4.69, 9.17) is 4.74 Å². The topological polar surface area (TPSA) is 46.5 Å². The van der Waals surface area contributed by atoms with Gasteiger partial charge < -0.3 is 9.84 Å². The van der Waals surface area contributed by atoms with Crippen LogP contribution in [0.4, 0.5) is 0 Å². The van der Waals surface area contributed by atoms with Crippen LogP contribution in [0.3, 0.4) is 0 Å². The molecule has 0 amide bonds. The van der Waals surface area contributed by atoms with Crippen molar-refractivity contribution in [2.45, 2.75) is 30.5 Å². The summed E-state index contributed by atoms with van der Waals surface area (Å²) < 4.78 is 6.07. The third-order valence-electron chi connectivity index (χ3n) is 4.64. The van der Waals surface area contributed by atoms with Gasteiger partial charge in [0.25, 0.3) is 0 Å². The summed E-state index contributed by atoms with van der Waals surface area (Å²) in [6.45, 7) is 0. The van der Waals surface area contributed by atoms with Crippen molar-refractivity contribution in [2.24, 2.45) is 0 Å². The molecule has 1 aliphatic carbocycles. The van der Waals surface area contributed by atoms with E-state index in [1.807, 2.05) is 48.5 Å². The Labute approximate surface area is 123 Å². The quantitative estimate of drug-likeness (QED) is 0.873. The molecule has 1 aliphatic heterocycles. The molecule has 0 unspecified atom stereocenters. The maximum atomic E-state index is 12.6. The fourth-order valence-electron chi connectivity index (χ4n) is 3.68. The van der Waals surface area contributed by atoms with Gasteiger partial charge in [-0.3, -0.25) is 4.79 Å². The molecular weight excluding hydrogens is 264 g/mol. The highest BCUT2D eigenvalue weighted by atomic mass is 16.5. The molecule has 106 valence electrons. The van der Waals surface area contributed by atoms with E-state index in [9.17, 15) is 9.90 Å². The van der Waals surface area contributed by atoms with Crippen molar-refractivity contribution in [3.05, 3.63) is 65.7 Å². The number of ketones is 1. The summed E-state index contributed by atoms with van der Waals surface area (Å²) in [5.41, 5.74) is 0.0754. The van der Waals surface area contributed by atoms with Gasteiger partial charge in [-0.05, 0) is 18.1 Å². The average Bonchev–Trinajstić information content (AvgIpc) is 2.52. The zero-order chi connectivity index (χ0) is 14.4. The van der Waals surface area contributed by atoms with Gasteiger partial charge in [-0.25, -0.2) is 0 Å². The summed E-state index contributed by atoms with van der Waals surface area (Å²) >= 11 is 0. The maximum absolute atomic E-state index is 12.6. The van der Waals surface area contributed by atoms with Crippen molar-refractivity contribution >= 4 is 5.78 Å². The minimum absolute atomic E-state index is 0.108. The van der Waals surface area contributed by atoms with Crippen molar-refractivity contribution in [1.82, 2.24) is 0 Å². The number of carbonyl (C=O) groups is 1. The van der Waals surface area contributed by atoms with Crippen molar-refractivity contribution in [1.29, 1.82) is 0 Å². The summed E-state index contributed by atoms with van der Waals surface area (Å²) in [7, 11) is 0. The Morgan fingerprint density at radius 3 is 2.57 bits per heavy atom. The molecule has 0 saturated heterocycles. The Morgan fingerprint density at radius 2 is 1.76 bits per heavy atom. The van der Waals surface area contributed by atoms with E-state index >= 15 is 0 Å². The Morgan fingerprint density at radius 1 is 1.05 bits per heavy atom. The highest BCUT2D eigenvalue weighted by molar-refractivity contribution is 5.92. The zero-order valence-electron chi connectivity index (χ0n) is 11.5. The molecule has 1 heterocycles. The Balaban J connectivity index is 1.95. The smallest absolute Gasteiger partial charge is 0.169 e. The molecule has 0 aromatic heterocycles. The van der Waals surface area contributed by atoms with Gasteiger partial charge in [-0.2, -0.15) is 0 Å². The first kappa shape index (κ1) is 12.6. The molecule has 3 atom stereocenters. The first-order chi connectivity index (χ1) is 10.2. The van der Waals surface area contributed by atoms with E-state index in [1.54, 1.807) is 6.07 Å². The minimum Gasteiger partial charge on any atom is -0.489 e. The van der Waals surface area contributed by atoms with Gasteiger partial charge in [0.15, 0.2) is 11.4 Å². The summed E-state index contributed by atoms with van der Waals surface area (Å²) in [6, 6.07) is 17.0. The molecule has 21 heavy (non-hydrogen) atoms. The molecule has 0 spiro atoms. The van der Waals surface area contributed by atoms with Gasteiger partial charge in [0.1, 0.15) is 11.9 Å². The van der Waals surface area contributed by atoms with Crippen LogP contribution >= 0.6 is 0 Å². The van der Waals surface area contributed by atoms with Gasteiger partial charge in [-0.1, -0.05) is 48.5 Å². The monoisotopic (exact) mass is 280 g/mol. The lowest BCUT2D eigenvalue weighted by molar-refractivity contribution is -0.154. The molecular formula is C18H16O3. The number of Topliss-reactive ketones (excluding diaryl/α,β-unsaturated/α-hetero) is 1. The molecule has 2 aliphatic rings. The van der Waals surface area contributed by atoms with Gasteiger partial charge in [0.2, 0.25) is 0 Å². The van der Waals surface area contributed by atoms with E-state index in [0.717, 1.165) is 5.56 Å². The van der Waals surface area contributed by atoms with Crippen LogP contribution in [0, 0.1) is 0 Å². The van der Waals surface area contributed by atoms with Gasteiger partial charge in [-0.15, -0.1) is 0 Å². The first-order valence-corrected chi connectivity index (χ1v) is 7.28. The molecule has 2 bridgehead atoms. The van der Waals surface area contributed by atoms with E-state index in [1.165, 1.54) is 0 Å². The van der Waals surface area contributed by atoms with E-state index < -0.39 is 5.60 Å². The average molecular weight is 280 g/mol. The number of aliphatic hydroxyl groups is 1. The number of rotatable bonds is 1. The van der Waals surface area contributed by atoms with Gasteiger partial charge in [0.05, 0.1) is 5.92 Å². The van der Waals surface area contributed by atoms with Gasteiger partial charge in [0, 0.05) is 12.0 Å². The molecule has 3 nitrogen and oxygen atoms in total. The van der Waals surface area contributed by atoms with Crippen LogP contribution in [0.1, 0.15) is 29.9 Å². The first-order valence-electron chi connectivity index (χ1n) is 7.28. The Hall–Kier alpha value is -2.13. The van der Waals surface area contributed by atoms with Crippen molar-refractivity contribution < 1.29 is 14.6 Å². The minimum atomic E-state index is -1.47. The molecule has 2 aromatic rings. The number of benzene rings is 2. The predicted molar refractivity (Wildman–Crippen MR) is 78.2 cm³/mol. The third-order valence-corrected chi connectivity index (χ3v) is 4.64. The van der Waals surface area contributed by atoms with Crippen LogP contribution in [-0.4, -0.2) is 17.0 Å². The fourth-order valence-corrected chi connectivity index (χ4v) is 3.68. The predicted octanol–water partition coefficient (Wildman–Crippen LogP) is 2.78. The van der Waals surface area contributed by atoms with E-state index in [-0.39, 0.29) is 17.8 Å². The van der Waals surface area contributed by atoms with Crippen LogP contribution in [0.25, 0.3) is 0 Å². The standard InChI is InChI=1S/C18H16O3/c19-16-11-10-15-17(12-6-2-1-3-7-12)18(16,20)13-8-4-5-9-14(13)21-15/h1-9,15,17,20H,10-11H2/t15-,17+,18-/m1/s1. The summed E-state index contributed by atoms with van der Waals surface area (Å²) in [5.74, 6) is 0.184. The van der Waals surface area contributed by atoms with Crippen LogP contribution < -0.4 is 4.74 Å². The highest BCUT2D eigenvalue weighted by Crippen LogP contribution is 2.52. The van der Waals surface area contributed by atoms with Crippen LogP contribution in [0.5, 0.6) is 5.75 Å².